The van der Waals surface area contributed by atoms with Crippen molar-refractivity contribution in [2.75, 3.05) is 43.5 Å². The maximum Gasteiger partial charge on any atom is 0.247 e. The molecule has 0 bridgehead atoms. The Bertz CT molecular complexity index is 1350. The maximum absolute atomic E-state index is 9.67. The van der Waals surface area contributed by atoms with Crippen LogP contribution in [0, 0.1) is 22.7 Å². The molecule has 5 rings (SSSR count). The smallest absolute Gasteiger partial charge is 0.247 e. The molecule has 2 saturated heterocycles. The van der Waals surface area contributed by atoms with Crippen molar-refractivity contribution in [1.29, 1.82) is 10.5 Å². The van der Waals surface area contributed by atoms with Crippen molar-refractivity contribution in [3.8, 4) is 12.1 Å². The zero-order chi connectivity index (χ0) is 24.6. The van der Waals surface area contributed by atoms with Crippen molar-refractivity contribution in [1.82, 2.24) is 24.5 Å². The molecule has 2 aliphatic rings. The molecule has 10 nitrogen and oxygen atoms in total. The monoisotopic (exact) mass is 478 g/mol. The van der Waals surface area contributed by atoms with Crippen LogP contribution in [0.2, 0.25) is 5.02 Å². The summed E-state index contributed by atoms with van der Waals surface area (Å²) in [6, 6.07) is 7.19. The van der Waals surface area contributed by atoms with E-state index in [1.165, 1.54) is 10.7 Å². The number of rotatable bonds is 6. The summed E-state index contributed by atoms with van der Waals surface area (Å²) in [4.78, 5) is 10.9. The first-order chi connectivity index (χ1) is 17.0. The molecule has 11 heteroatoms. The Labute approximate surface area is 203 Å². The lowest BCUT2D eigenvalue weighted by Gasteiger charge is -2.41. The number of nitrogens with one attached hydrogen (secondary N) is 2. The van der Waals surface area contributed by atoms with Gasteiger partial charge in [-0.15, -0.1) is 5.10 Å². The number of hydrogen-bond acceptors (Lipinski definition) is 9. The van der Waals surface area contributed by atoms with Crippen LogP contribution in [0.4, 0.5) is 17.5 Å². The van der Waals surface area contributed by atoms with Crippen LogP contribution in [0.3, 0.4) is 0 Å². The highest BCUT2D eigenvalue weighted by Gasteiger charge is 2.31. The van der Waals surface area contributed by atoms with Crippen LogP contribution >= 0.6 is 11.6 Å². The molecule has 34 heavy (non-hydrogen) atoms. The average Bonchev–Trinajstić information content (AvgIpc) is 3.27. The van der Waals surface area contributed by atoms with Gasteiger partial charge in [-0.2, -0.15) is 20.0 Å². The molecule has 3 aromatic rings. The van der Waals surface area contributed by atoms with E-state index >= 15 is 0 Å². The zero-order valence-electron chi connectivity index (χ0n) is 19.7. The first-order valence-corrected chi connectivity index (χ1v) is 11.6. The largest absolute Gasteiger partial charge is 0.378 e. The summed E-state index contributed by atoms with van der Waals surface area (Å²) in [5.74, 6) is 0.870. The Kier molecular flexibility index (Phi) is 5.86. The van der Waals surface area contributed by atoms with Gasteiger partial charge in [0.05, 0.1) is 49.1 Å². The van der Waals surface area contributed by atoms with E-state index in [1.54, 1.807) is 6.07 Å². The number of aromatic nitrogens is 4. The van der Waals surface area contributed by atoms with Crippen molar-refractivity contribution < 1.29 is 6.11 Å². The highest BCUT2D eigenvalue weighted by atomic mass is 35.5. The molecule has 2 N–H and O–H groups in total. The van der Waals surface area contributed by atoms with Crippen molar-refractivity contribution in [3.63, 3.8) is 0 Å². The summed E-state index contributed by atoms with van der Waals surface area (Å²) in [6.45, 7) is 4.99. The highest BCUT2D eigenvalue weighted by molar-refractivity contribution is 6.34. The summed E-state index contributed by atoms with van der Waals surface area (Å²) < 4.78 is 15.2. The molecule has 2 aromatic heterocycles. The molecule has 2 fully saturated rings. The Morgan fingerprint density at radius 2 is 2.06 bits per heavy atom. The number of ether oxygens (including phenoxy) is 1. The summed E-state index contributed by atoms with van der Waals surface area (Å²) in [7, 11) is 0. The van der Waals surface area contributed by atoms with Crippen molar-refractivity contribution in [2.24, 2.45) is 0 Å². The number of anilines is 3. The molecule has 2 aliphatic heterocycles. The van der Waals surface area contributed by atoms with Crippen LogP contribution in [0.15, 0.2) is 18.3 Å². The normalized spacial score (nSPS) is 18.5. The van der Waals surface area contributed by atoms with Gasteiger partial charge in [0.25, 0.3) is 0 Å². The molecular weight excluding hydrogens is 454 g/mol. The molecule has 4 heterocycles. The molecular formula is C23H24ClN9O. The molecule has 0 radical (unpaired) electrons. The van der Waals surface area contributed by atoms with Crippen LogP contribution in [-0.4, -0.2) is 63.3 Å². The lowest BCUT2D eigenvalue weighted by molar-refractivity contribution is -0.0712. The average molecular weight is 479 g/mol. The molecule has 0 atom stereocenters. The molecule has 0 spiro atoms. The second-order valence-corrected chi connectivity index (χ2v) is 8.67. The van der Waals surface area contributed by atoms with Gasteiger partial charge >= 0.3 is 0 Å². The second kappa shape index (κ2) is 9.43. The zero-order valence-corrected chi connectivity index (χ0v) is 19.4. The summed E-state index contributed by atoms with van der Waals surface area (Å²) in [5, 5.41) is 30.3. The first kappa shape index (κ1) is 21.1. The fourth-order valence-electron chi connectivity index (χ4n) is 4.40. The summed E-state index contributed by atoms with van der Waals surface area (Å²) in [6.07, 6.45) is 3.11. The van der Waals surface area contributed by atoms with Gasteiger partial charge in [0.2, 0.25) is 5.95 Å². The number of benzene rings is 1. The van der Waals surface area contributed by atoms with Gasteiger partial charge < -0.3 is 15.4 Å². The summed E-state index contributed by atoms with van der Waals surface area (Å²) >= 11 is 6.86. The van der Waals surface area contributed by atoms with E-state index in [1.807, 2.05) is 13.0 Å². The molecule has 1 aromatic carbocycles. The number of nitrogens with zero attached hydrogens (tertiary/aromatic N) is 7. The van der Waals surface area contributed by atoms with Crippen LogP contribution in [-0.2, 0) is 4.74 Å². The van der Waals surface area contributed by atoms with Gasteiger partial charge in [-0.1, -0.05) is 11.6 Å². The lowest BCUT2D eigenvalue weighted by atomic mass is 9.87. The van der Waals surface area contributed by atoms with Gasteiger partial charge in [0, 0.05) is 6.54 Å². The summed E-state index contributed by atoms with van der Waals surface area (Å²) in [5.41, 5.74) is 2.62. The number of halogens is 1. The molecule has 0 saturated carbocycles. The standard InChI is InChI=1S/C23H24ClN9O/c1-2-27-21-22-28-11-16(10-26)33(22)31-23(30-21)29-19-8-14(9-25)7-18(20(19)24)15-3-5-32(6-4-15)17-12-34-13-17/h7-8,11,15,17H,2-6,12-13H2,1H3,(H2,27,29,30,31)/i17D. The minimum atomic E-state index is -0.619. The molecule has 0 amide bonds. The maximum atomic E-state index is 9.67. The van der Waals surface area contributed by atoms with Crippen LogP contribution in [0.25, 0.3) is 5.65 Å². The number of likely N-dealkylation sites (tertiary alicyclic amines) is 1. The van der Waals surface area contributed by atoms with Gasteiger partial charge in [0.1, 0.15) is 6.07 Å². The van der Waals surface area contributed by atoms with Gasteiger partial charge in [0.15, 0.2) is 17.2 Å². The van der Waals surface area contributed by atoms with E-state index in [0.29, 0.717) is 47.5 Å². The Morgan fingerprint density at radius 1 is 1.26 bits per heavy atom. The van der Waals surface area contributed by atoms with Gasteiger partial charge in [-0.05, 0) is 56.5 Å². The Balaban J connectivity index is 1.45. The van der Waals surface area contributed by atoms with Crippen LogP contribution < -0.4 is 10.6 Å². The Morgan fingerprint density at radius 3 is 2.71 bits per heavy atom. The predicted molar refractivity (Wildman–Crippen MR) is 127 cm³/mol. The van der Waals surface area contributed by atoms with E-state index in [2.05, 4.69) is 42.7 Å². The van der Waals surface area contributed by atoms with Crippen LogP contribution in [0.5, 0.6) is 0 Å². The number of piperidine rings is 1. The van der Waals surface area contributed by atoms with E-state index < -0.39 is 6.02 Å². The Hall–Kier alpha value is -3.44. The number of imidazole rings is 1. The van der Waals surface area contributed by atoms with E-state index in [-0.39, 0.29) is 17.6 Å². The lowest BCUT2D eigenvalue weighted by Crippen LogP contribution is -2.51. The fourth-order valence-corrected chi connectivity index (χ4v) is 4.71. The van der Waals surface area contributed by atoms with Crippen LogP contribution in [0.1, 0.15) is 43.9 Å². The quantitative estimate of drug-likeness (QED) is 0.548. The number of nitriles is 2. The third kappa shape index (κ3) is 4.12. The molecule has 174 valence electrons. The molecule has 0 aliphatic carbocycles. The third-order valence-corrected chi connectivity index (χ3v) is 6.64. The number of fused-ring (bicyclic) bond motifs is 1. The van der Waals surface area contributed by atoms with Crippen molar-refractivity contribution in [2.45, 2.75) is 31.7 Å². The van der Waals surface area contributed by atoms with Gasteiger partial charge in [-0.3, -0.25) is 4.90 Å². The van der Waals surface area contributed by atoms with Gasteiger partial charge in [-0.25, -0.2) is 4.98 Å². The van der Waals surface area contributed by atoms with E-state index in [9.17, 15) is 10.5 Å². The SMILES string of the molecule is [2H]C1(N2CCC(c3cc(C#N)cc(Nc4nc(NCC)c5ncc(C#N)n5n4)c3Cl)CC2)COC1. The third-order valence-electron chi connectivity index (χ3n) is 6.22. The topological polar surface area (TPSA) is 127 Å². The second-order valence-electron chi connectivity index (χ2n) is 8.29. The molecule has 0 unspecified atom stereocenters. The fraction of sp³-hybridized carbons (Fsp3) is 0.435. The van der Waals surface area contributed by atoms with E-state index in [0.717, 1.165) is 31.5 Å². The minimum Gasteiger partial charge on any atom is -0.378 e. The predicted octanol–water partition coefficient (Wildman–Crippen LogP) is 3.27. The minimum absolute atomic E-state index is 0.164. The van der Waals surface area contributed by atoms with E-state index in [4.69, 9.17) is 17.7 Å². The first-order valence-electron chi connectivity index (χ1n) is 11.7. The van der Waals surface area contributed by atoms with Crippen molar-refractivity contribution in [3.05, 3.63) is 40.2 Å². The highest BCUT2D eigenvalue weighted by Crippen LogP contribution is 2.39. The van der Waals surface area contributed by atoms with Crippen molar-refractivity contribution >= 4 is 34.7 Å². The number of hydrogen-bond donors (Lipinski definition) is 2.